The number of halogens is 1. The zero-order chi connectivity index (χ0) is 19.1. The van der Waals surface area contributed by atoms with Gasteiger partial charge in [-0.25, -0.2) is 9.18 Å². The molecule has 0 aromatic heterocycles. The molecule has 0 fully saturated rings. The van der Waals surface area contributed by atoms with E-state index in [1.54, 1.807) is 30.3 Å². The summed E-state index contributed by atoms with van der Waals surface area (Å²) in [5.41, 5.74) is 0.528. The number of hydrogen-bond acceptors (Lipinski definition) is 5. The number of ether oxygens (including phenoxy) is 3. The van der Waals surface area contributed by atoms with Crippen LogP contribution in [-0.2, 0) is 16.1 Å². The summed E-state index contributed by atoms with van der Waals surface area (Å²) in [7, 11) is 4.37. The van der Waals surface area contributed by atoms with Crippen LogP contribution in [0.3, 0.4) is 0 Å². The Bertz CT molecular complexity index is 793. The quantitative estimate of drug-likeness (QED) is 0.710. The number of amides is 1. The van der Waals surface area contributed by atoms with Gasteiger partial charge in [0.25, 0.3) is 5.91 Å². The van der Waals surface area contributed by atoms with Crippen molar-refractivity contribution in [2.24, 2.45) is 0 Å². The molecule has 0 N–H and O–H groups in total. The molecule has 0 saturated heterocycles. The van der Waals surface area contributed by atoms with Gasteiger partial charge in [0.2, 0.25) is 0 Å². The van der Waals surface area contributed by atoms with Gasteiger partial charge in [-0.1, -0.05) is 24.3 Å². The van der Waals surface area contributed by atoms with E-state index in [0.29, 0.717) is 11.3 Å². The maximum atomic E-state index is 13.7. The molecular weight excluding hydrogens is 341 g/mol. The predicted octanol–water partition coefficient (Wildman–Crippen LogP) is 2.66. The lowest BCUT2D eigenvalue weighted by Gasteiger charge is -2.18. The van der Waals surface area contributed by atoms with Gasteiger partial charge >= 0.3 is 5.97 Å². The second-order valence-corrected chi connectivity index (χ2v) is 5.46. The summed E-state index contributed by atoms with van der Waals surface area (Å²) in [5.74, 6) is -0.959. The predicted molar refractivity (Wildman–Crippen MR) is 92.7 cm³/mol. The molecule has 0 unspecified atom stereocenters. The first-order valence-corrected chi connectivity index (χ1v) is 7.83. The van der Waals surface area contributed by atoms with E-state index in [9.17, 15) is 14.0 Å². The minimum atomic E-state index is -0.714. The van der Waals surface area contributed by atoms with Crippen LogP contribution < -0.4 is 9.47 Å². The van der Waals surface area contributed by atoms with E-state index in [1.807, 2.05) is 0 Å². The minimum absolute atomic E-state index is 0.0749. The fourth-order valence-corrected chi connectivity index (χ4v) is 2.33. The summed E-state index contributed by atoms with van der Waals surface area (Å²) >= 11 is 0. The SMILES string of the molecule is COc1cccc(C(=O)OCC(=O)N(C)Cc2ccccc2F)c1OC. The number of likely N-dealkylation sites (N-methyl/N-ethyl adjacent to an activating group) is 1. The van der Waals surface area contributed by atoms with Crippen molar-refractivity contribution in [3.05, 3.63) is 59.4 Å². The third kappa shape index (κ3) is 4.50. The Balaban J connectivity index is 1.99. The first-order valence-electron chi connectivity index (χ1n) is 7.83. The highest BCUT2D eigenvalue weighted by atomic mass is 19.1. The Morgan fingerprint density at radius 3 is 2.42 bits per heavy atom. The molecule has 6 nitrogen and oxygen atoms in total. The Kier molecular flexibility index (Phi) is 6.54. The van der Waals surface area contributed by atoms with Gasteiger partial charge in [-0.15, -0.1) is 0 Å². The molecule has 2 aromatic rings. The summed E-state index contributed by atoms with van der Waals surface area (Å²) in [6, 6.07) is 10.9. The summed E-state index contributed by atoms with van der Waals surface area (Å²) in [4.78, 5) is 25.7. The topological polar surface area (TPSA) is 65.1 Å². The van der Waals surface area contributed by atoms with Crippen LogP contribution in [-0.4, -0.2) is 44.7 Å². The van der Waals surface area contributed by atoms with Crippen LogP contribution in [0.1, 0.15) is 15.9 Å². The van der Waals surface area contributed by atoms with E-state index in [2.05, 4.69) is 0 Å². The maximum absolute atomic E-state index is 13.7. The van der Waals surface area contributed by atoms with Gasteiger partial charge < -0.3 is 19.1 Å². The van der Waals surface area contributed by atoms with Gasteiger partial charge in [0.05, 0.1) is 14.2 Å². The molecule has 1 amide bonds. The Morgan fingerprint density at radius 1 is 1.04 bits per heavy atom. The van der Waals surface area contributed by atoms with Crippen LogP contribution >= 0.6 is 0 Å². The fourth-order valence-electron chi connectivity index (χ4n) is 2.33. The summed E-state index contributed by atoms with van der Waals surface area (Å²) in [6.45, 7) is -0.393. The smallest absolute Gasteiger partial charge is 0.342 e. The molecule has 0 saturated carbocycles. The Hall–Kier alpha value is -3.09. The second-order valence-electron chi connectivity index (χ2n) is 5.46. The monoisotopic (exact) mass is 361 g/mol. The maximum Gasteiger partial charge on any atom is 0.342 e. The van der Waals surface area contributed by atoms with Crippen molar-refractivity contribution in [3.63, 3.8) is 0 Å². The Morgan fingerprint density at radius 2 is 1.77 bits per heavy atom. The molecule has 7 heteroatoms. The largest absolute Gasteiger partial charge is 0.493 e. The van der Waals surface area contributed by atoms with Gasteiger partial charge in [0, 0.05) is 19.2 Å². The molecule has 0 atom stereocenters. The van der Waals surface area contributed by atoms with Gasteiger partial charge in [0.15, 0.2) is 18.1 Å². The highest BCUT2D eigenvalue weighted by Gasteiger charge is 2.20. The van der Waals surface area contributed by atoms with Crippen LogP contribution in [0.5, 0.6) is 11.5 Å². The number of nitrogens with zero attached hydrogens (tertiary/aromatic N) is 1. The van der Waals surface area contributed by atoms with Crippen LogP contribution in [0.15, 0.2) is 42.5 Å². The van der Waals surface area contributed by atoms with Crippen molar-refractivity contribution < 1.29 is 28.2 Å². The van der Waals surface area contributed by atoms with Gasteiger partial charge in [-0.05, 0) is 18.2 Å². The van der Waals surface area contributed by atoms with Gasteiger partial charge in [-0.2, -0.15) is 0 Å². The average Bonchev–Trinajstić information content (AvgIpc) is 2.66. The van der Waals surface area contributed by atoms with Gasteiger partial charge in [-0.3, -0.25) is 4.79 Å². The zero-order valence-corrected chi connectivity index (χ0v) is 14.8. The summed E-state index contributed by atoms with van der Waals surface area (Å²) < 4.78 is 29.0. The van der Waals surface area contributed by atoms with E-state index in [0.717, 1.165) is 0 Å². The molecule has 0 aliphatic heterocycles. The number of hydrogen-bond donors (Lipinski definition) is 0. The molecule has 0 bridgehead atoms. The summed E-state index contributed by atoms with van der Waals surface area (Å²) in [6.07, 6.45) is 0. The van der Waals surface area contributed by atoms with E-state index < -0.39 is 24.3 Å². The Labute approximate surface area is 151 Å². The third-order valence-electron chi connectivity index (χ3n) is 3.74. The van der Waals surface area contributed by atoms with E-state index >= 15 is 0 Å². The number of benzene rings is 2. The lowest BCUT2D eigenvalue weighted by Crippen LogP contribution is -2.31. The molecule has 26 heavy (non-hydrogen) atoms. The minimum Gasteiger partial charge on any atom is -0.493 e. The third-order valence-corrected chi connectivity index (χ3v) is 3.74. The number of carbonyl (C=O) groups is 2. The normalized spacial score (nSPS) is 10.2. The van der Waals surface area contributed by atoms with E-state index in [4.69, 9.17) is 14.2 Å². The summed E-state index contributed by atoms with van der Waals surface area (Å²) in [5, 5.41) is 0. The van der Waals surface area contributed by atoms with Crippen LogP contribution in [0.25, 0.3) is 0 Å². The highest BCUT2D eigenvalue weighted by molar-refractivity contribution is 5.94. The molecular formula is C19H20FNO5. The molecule has 138 valence electrons. The molecule has 0 aliphatic rings. The number of para-hydroxylation sites is 1. The standard InChI is InChI=1S/C19H20FNO5/c1-21(11-13-7-4-5-9-15(13)20)17(22)12-26-19(23)14-8-6-10-16(24-2)18(14)25-3/h4-10H,11-12H2,1-3H3. The number of esters is 1. The molecule has 0 aliphatic carbocycles. The van der Waals surface area contributed by atoms with Crippen molar-refractivity contribution in [1.29, 1.82) is 0 Å². The van der Waals surface area contributed by atoms with E-state index in [-0.39, 0.29) is 17.9 Å². The second kappa shape index (κ2) is 8.84. The van der Waals surface area contributed by atoms with E-state index in [1.165, 1.54) is 38.3 Å². The number of rotatable bonds is 7. The van der Waals surface area contributed by atoms with Crippen molar-refractivity contribution in [3.8, 4) is 11.5 Å². The van der Waals surface area contributed by atoms with Gasteiger partial charge in [0.1, 0.15) is 11.4 Å². The molecule has 0 spiro atoms. The molecule has 2 rings (SSSR count). The highest BCUT2D eigenvalue weighted by Crippen LogP contribution is 2.31. The first kappa shape index (κ1) is 19.2. The molecule has 2 aromatic carbocycles. The van der Waals surface area contributed by atoms with Crippen molar-refractivity contribution in [2.45, 2.75) is 6.54 Å². The van der Waals surface area contributed by atoms with Crippen molar-refractivity contribution in [1.82, 2.24) is 4.90 Å². The number of carbonyl (C=O) groups excluding carboxylic acids is 2. The van der Waals surface area contributed by atoms with Crippen molar-refractivity contribution in [2.75, 3.05) is 27.9 Å². The number of methoxy groups -OCH3 is 2. The van der Waals surface area contributed by atoms with Crippen LogP contribution in [0.4, 0.5) is 4.39 Å². The van der Waals surface area contributed by atoms with Crippen LogP contribution in [0.2, 0.25) is 0 Å². The zero-order valence-electron chi connectivity index (χ0n) is 14.8. The average molecular weight is 361 g/mol. The lowest BCUT2D eigenvalue weighted by atomic mass is 10.2. The first-order chi connectivity index (χ1) is 12.5. The lowest BCUT2D eigenvalue weighted by molar-refractivity contribution is -0.133. The fraction of sp³-hybridized carbons (Fsp3) is 0.263. The molecule has 0 radical (unpaired) electrons. The van der Waals surface area contributed by atoms with Crippen LogP contribution in [0, 0.1) is 5.82 Å². The van der Waals surface area contributed by atoms with Crippen molar-refractivity contribution >= 4 is 11.9 Å². The molecule has 0 heterocycles.